The Labute approximate surface area is 141 Å². The van der Waals surface area contributed by atoms with Crippen molar-refractivity contribution in [2.24, 2.45) is 0 Å². The normalized spacial score (nSPS) is 21.1. The number of hydrogen-bond acceptors (Lipinski definition) is 4. The van der Waals surface area contributed by atoms with Gasteiger partial charge in [-0.25, -0.2) is 0 Å². The van der Waals surface area contributed by atoms with Crippen LogP contribution in [0.2, 0.25) is 0 Å². The number of rotatable bonds is 5. The van der Waals surface area contributed by atoms with Gasteiger partial charge in [-0.1, -0.05) is 18.9 Å². The zero-order valence-corrected chi connectivity index (χ0v) is 14.4. The van der Waals surface area contributed by atoms with Crippen molar-refractivity contribution in [1.29, 1.82) is 0 Å². The molecule has 1 aliphatic heterocycles. The molecule has 2 fully saturated rings. The smallest absolute Gasteiger partial charge is 0.314 e. The van der Waals surface area contributed by atoms with Crippen LogP contribution in [0.4, 0.5) is 0 Å². The molecule has 0 unspecified atom stereocenters. The van der Waals surface area contributed by atoms with Gasteiger partial charge in [-0.15, -0.1) is 0 Å². The van der Waals surface area contributed by atoms with Gasteiger partial charge < -0.3 is 14.6 Å². The molecule has 1 heterocycles. The van der Waals surface area contributed by atoms with E-state index in [1.54, 1.807) is 7.11 Å². The molecule has 0 aromatic heterocycles. The molecular weight excluding hydrogens is 312 g/mol. The molecule has 1 aliphatic carbocycles. The van der Waals surface area contributed by atoms with Crippen molar-refractivity contribution in [3.05, 3.63) is 23.8 Å². The van der Waals surface area contributed by atoms with Crippen molar-refractivity contribution in [3.63, 3.8) is 0 Å². The van der Waals surface area contributed by atoms with Crippen LogP contribution in [-0.2, 0) is 10.2 Å². The van der Waals surface area contributed by atoms with Gasteiger partial charge in [-0.3, -0.25) is 4.79 Å². The average molecular weight is 336 g/mol. The highest BCUT2D eigenvalue weighted by atomic mass is 32.2. The van der Waals surface area contributed by atoms with Crippen LogP contribution in [-0.4, -0.2) is 35.8 Å². The van der Waals surface area contributed by atoms with Gasteiger partial charge in [0, 0.05) is 0 Å². The number of hydrogen-bond donors (Lipinski definition) is 1. The number of methoxy groups -OCH3 is 1. The molecule has 0 spiro atoms. The highest BCUT2D eigenvalue weighted by Gasteiger charge is 2.43. The minimum Gasteiger partial charge on any atom is -0.493 e. The van der Waals surface area contributed by atoms with E-state index in [9.17, 15) is 9.90 Å². The average Bonchev–Trinajstić information content (AvgIpc) is 3.07. The number of aliphatic carboxylic acids is 1. The van der Waals surface area contributed by atoms with Crippen LogP contribution >= 0.6 is 11.8 Å². The molecule has 0 radical (unpaired) electrons. The van der Waals surface area contributed by atoms with E-state index in [1.165, 1.54) is 0 Å². The Morgan fingerprint density at radius 2 is 1.91 bits per heavy atom. The van der Waals surface area contributed by atoms with E-state index in [4.69, 9.17) is 9.47 Å². The first-order chi connectivity index (χ1) is 11.2. The van der Waals surface area contributed by atoms with Crippen LogP contribution in [0.3, 0.4) is 0 Å². The van der Waals surface area contributed by atoms with Crippen molar-refractivity contribution in [3.8, 4) is 11.5 Å². The molecule has 1 aromatic carbocycles. The monoisotopic (exact) mass is 336 g/mol. The molecule has 3 rings (SSSR count). The van der Waals surface area contributed by atoms with E-state index >= 15 is 0 Å². The van der Waals surface area contributed by atoms with Crippen molar-refractivity contribution < 1.29 is 19.4 Å². The Kier molecular flexibility index (Phi) is 5.05. The number of thioether (sulfide) groups is 1. The Morgan fingerprint density at radius 3 is 2.52 bits per heavy atom. The third-order valence-corrected chi connectivity index (χ3v) is 6.09. The maximum Gasteiger partial charge on any atom is 0.314 e. The van der Waals surface area contributed by atoms with E-state index in [-0.39, 0.29) is 6.10 Å². The Balaban J connectivity index is 1.85. The SMILES string of the molecule is COc1cc(C2(C(=O)O)CCCC2)ccc1OC1CCSCC1. The van der Waals surface area contributed by atoms with Crippen LogP contribution < -0.4 is 9.47 Å². The fourth-order valence-electron chi connectivity index (χ4n) is 3.64. The predicted molar refractivity (Wildman–Crippen MR) is 91.8 cm³/mol. The second kappa shape index (κ2) is 7.04. The first kappa shape index (κ1) is 16.5. The zero-order chi connectivity index (χ0) is 16.3. The van der Waals surface area contributed by atoms with Crippen LogP contribution in [0.1, 0.15) is 44.1 Å². The molecule has 2 aliphatic rings. The predicted octanol–water partition coefficient (Wildman–Crippen LogP) is 3.87. The Bertz CT molecular complexity index is 560. The van der Waals surface area contributed by atoms with Crippen molar-refractivity contribution in [2.75, 3.05) is 18.6 Å². The topological polar surface area (TPSA) is 55.8 Å². The van der Waals surface area contributed by atoms with Gasteiger partial charge in [0.1, 0.15) is 6.10 Å². The lowest BCUT2D eigenvalue weighted by Crippen LogP contribution is -2.32. The third kappa shape index (κ3) is 3.30. The highest BCUT2D eigenvalue weighted by Crippen LogP contribution is 2.44. The second-order valence-electron chi connectivity index (χ2n) is 6.39. The quantitative estimate of drug-likeness (QED) is 0.885. The van der Waals surface area contributed by atoms with Crippen molar-refractivity contribution in [2.45, 2.75) is 50.0 Å². The Morgan fingerprint density at radius 1 is 1.22 bits per heavy atom. The number of carboxylic acid groups (broad SMARTS) is 1. The van der Waals surface area contributed by atoms with Gasteiger partial charge in [0.05, 0.1) is 12.5 Å². The van der Waals surface area contributed by atoms with E-state index in [0.717, 1.165) is 48.5 Å². The molecule has 23 heavy (non-hydrogen) atoms. The van der Waals surface area contributed by atoms with E-state index in [2.05, 4.69) is 0 Å². The molecule has 126 valence electrons. The molecule has 1 saturated carbocycles. The van der Waals surface area contributed by atoms with Gasteiger partial charge >= 0.3 is 5.97 Å². The molecule has 0 atom stereocenters. The number of carboxylic acids is 1. The summed E-state index contributed by atoms with van der Waals surface area (Å²) in [6, 6.07) is 5.67. The van der Waals surface area contributed by atoms with Crippen molar-refractivity contribution in [1.82, 2.24) is 0 Å². The molecule has 0 amide bonds. The molecule has 5 heteroatoms. The lowest BCUT2D eigenvalue weighted by molar-refractivity contribution is -0.143. The number of carbonyl (C=O) groups is 1. The summed E-state index contributed by atoms with van der Waals surface area (Å²) in [6.07, 6.45) is 5.66. The van der Waals surface area contributed by atoms with Crippen LogP contribution in [0.15, 0.2) is 18.2 Å². The fourth-order valence-corrected chi connectivity index (χ4v) is 4.70. The van der Waals surface area contributed by atoms with Crippen molar-refractivity contribution >= 4 is 17.7 Å². The van der Waals surface area contributed by atoms with E-state index in [0.29, 0.717) is 18.6 Å². The Hall–Kier alpha value is -1.36. The summed E-state index contributed by atoms with van der Waals surface area (Å²) >= 11 is 1.96. The summed E-state index contributed by atoms with van der Waals surface area (Å²) in [6.45, 7) is 0. The summed E-state index contributed by atoms with van der Waals surface area (Å²) in [5.74, 6) is 2.91. The largest absolute Gasteiger partial charge is 0.493 e. The summed E-state index contributed by atoms with van der Waals surface area (Å²) in [4.78, 5) is 11.9. The first-order valence-corrected chi connectivity index (χ1v) is 9.47. The molecule has 1 N–H and O–H groups in total. The van der Waals surface area contributed by atoms with Gasteiger partial charge in [0.2, 0.25) is 0 Å². The van der Waals surface area contributed by atoms with Gasteiger partial charge in [0.15, 0.2) is 11.5 Å². The lowest BCUT2D eigenvalue weighted by atomic mass is 9.79. The van der Waals surface area contributed by atoms with Crippen LogP contribution in [0, 0.1) is 0 Å². The van der Waals surface area contributed by atoms with Crippen LogP contribution in [0.25, 0.3) is 0 Å². The maximum absolute atomic E-state index is 11.9. The fraction of sp³-hybridized carbons (Fsp3) is 0.611. The minimum absolute atomic E-state index is 0.232. The van der Waals surface area contributed by atoms with Gasteiger partial charge in [-0.2, -0.15) is 11.8 Å². The first-order valence-electron chi connectivity index (χ1n) is 8.32. The van der Waals surface area contributed by atoms with Gasteiger partial charge in [0.25, 0.3) is 0 Å². The summed E-state index contributed by atoms with van der Waals surface area (Å²) < 4.78 is 11.6. The lowest BCUT2D eigenvalue weighted by Gasteiger charge is -2.27. The molecule has 4 nitrogen and oxygen atoms in total. The second-order valence-corrected chi connectivity index (χ2v) is 7.61. The summed E-state index contributed by atoms with van der Waals surface area (Å²) in [7, 11) is 1.62. The third-order valence-electron chi connectivity index (χ3n) is 5.04. The van der Waals surface area contributed by atoms with E-state index < -0.39 is 11.4 Å². The zero-order valence-electron chi connectivity index (χ0n) is 13.5. The molecule has 1 saturated heterocycles. The summed E-state index contributed by atoms with van der Waals surface area (Å²) in [5.41, 5.74) is 0.0821. The number of benzene rings is 1. The highest BCUT2D eigenvalue weighted by molar-refractivity contribution is 7.99. The van der Waals surface area contributed by atoms with E-state index in [1.807, 2.05) is 30.0 Å². The molecule has 1 aromatic rings. The molecular formula is C18H24O4S. The van der Waals surface area contributed by atoms with Crippen LogP contribution in [0.5, 0.6) is 11.5 Å². The summed E-state index contributed by atoms with van der Waals surface area (Å²) in [5, 5.41) is 9.74. The molecule has 0 bridgehead atoms. The van der Waals surface area contributed by atoms with Gasteiger partial charge in [-0.05, 0) is 54.9 Å². The minimum atomic E-state index is -0.757. The number of ether oxygens (including phenoxy) is 2. The maximum atomic E-state index is 11.9. The standard InChI is InChI=1S/C18H24O4S/c1-21-16-12-13(18(17(19)20)8-2-3-9-18)4-5-15(16)22-14-6-10-23-11-7-14/h4-5,12,14H,2-3,6-11H2,1H3,(H,19,20).